The average Bonchev–Trinajstić information content (AvgIpc) is 2.74. The van der Waals surface area contributed by atoms with Gasteiger partial charge in [0.2, 0.25) is 0 Å². The summed E-state index contributed by atoms with van der Waals surface area (Å²) in [5.41, 5.74) is 1.26. The smallest absolute Gasteiger partial charge is 0.0897 e. The van der Waals surface area contributed by atoms with Gasteiger partial charge in [0.05, 0.1) is 10.7 Å². The second-order valence-electron chi connectivity index (χ2n) is 4.81. The monoisotopic (exact) mass is 253 g/mol. The molecule has 3 nitrogen and oxygen atoms in total. The molecule has 0 aromatic carbocycles. The molecule has 2 heterocycles. The molecular weight excluding hydrogens is 230 g/mol. The summed E-state index contributed by atoms with van der Waals surface area (Å²) in [7, 11) is 0. The van der Waals surface area contributed by atoms with Crippen LogP contribution in [0.3, 0.4) is 0 Å². The van der Waals surface area contributed by atoms with Crippen LogP contribution in [-0.2, 0) is 6.42 Å². The van der Waals surface area contributed by atoms with Gasteiger partial charge in [-0.15, -0.1) is 11.3 Å². The largest absolute Gasteiger partial charge is 0.313 e. The summed E-state index contributed by atoms with van der Waals surface area (Å²) in [6.45, 7) is 8.98. The SMILES string of the molecule is CCNC1CCCN(CCc2csc(C)n2)C1. The fourth-order valence-corrected chi connectivity index (χ4v) is 3.16. The molecule has 17 heavy (non-hydrogen) atoms. The topological polar surface area (TPSA) is 28.2 Å². The Labute approximate surface area is 108 Å². The predicted molar refractivity (Wildman–Crippen MR) is 73.7 cm³/mol. The summed E-state index contributed by atoms with van der Waals surface area (Å²) in [6, 6.07) is 0.700. The fraction of sp³-hybridized carbons (Fsp3) is 0.769. The van der Waals surface area contributed by atoms with Gasteiger partial charge < -0.3 is 10.2 Å². The van der Waals surface area contributed by atoms with Crippen LogP contribution in [0.2, 0.25) is 0 Å². The van der Waals surface area contributed by atoms with Crippen LogP contribution in [0.25, 0.3) is 0 Å². The highest BCUT2D eigenvalue weighted by Gasteiger charge is 2.18. The summed E-state index contributed by atoms with van der Waals surface area (Å²) in [6.07, 6.45) is 3.76. The van der Waals surface area contributed by atoms with Crippen molar-refractivity contribution >= 4 is 11.3 Å². The van der Waals surface area contributed by atoms with E-state index in [0.717, 1.165) is 19.5 Å². The third-order valence-corrected chi connectivity index (χ3v) is 4.17. The average molecular weight is 253 g/mol. The van der Waals surface area contributed by atoms with Crippen LogP contribution < -0.4 is 5.32 Å². The van der Waals surface area contributed by atoms with Crippen LogP contribution in [0, 0.1) is 6.92 Å². The minimum atomic E-state index is 0.700. The molecule has 0 radical (unpaired) electrons. The van der Waals surface area contributed by atoms with Gasteiger partial charge in [0.1, 0.15) is 0 Å². The van der Waals surface area contributed by atoms with Crippen molar-refractivity contribution in [3.8, 4) is 0 Å². The number of aryl methyl sites for hydroxylation is 1. The van der Waals surface area contributed by atoms with E-state index in [9.17, 15) is 0 Å². The number of likely N-dealkylation sites (tertiary alicyclic amines) is 1. The van der Waals surface area contributed by atoms with Gasteiger partial charge in [-0.2, -0.15) is 0 Å². The number of likely N-dealkylation sites (N-methyl/N-ethyl adjacent to an activating group) is 1. The van der Waals surface area contributed by atoms with Crippen LogP contribution in [-0.4, -0.2) is 42.1 Å². The van der Waals surface area contributed by atoms with Crippen LogP contribution in [0.15, 0.2) is 5.38 Å². The maximum atomic E-state index is 4.53. The Kier molecular flexibility index (Phi) is 4.95. The number of piperidine rings is 1. The maximum absolute atomic E-state index is 4.53. The molecule has 96 valence electrons. The van der Waals surface area contributed by atoms with Gasteiger partial charge in [-0.1, -0.05) is 6.92 Å². The van der Waals surface area contributed by atoms with Crippen molar-refractivity contribution in [2.45, 2.75) is 39.2 Å². The summed E-state index contributed by atoms with van der Waals surface area (Å²) in [5, 5.41) is 6.94. The lowest BCUT2D eigenvalue weighted by molar-refractivity contribution is 0.193. The van der Waals surface area contributed by atoms with Crippen molar-refractivity contribution in [1.29, 1.82) is 0 Å². The molecule has 0 amide bonds. The second-order valence-corrected chi connectivity index (χ2v) is 5.87. The molecule has 1 fully saturated rings. The molecule has 1 atom stereocenters. The Morgan fingerprint density at radius 1 is 1.59 bits per heavy atom. The number of nitrogens with one attached hydrogen (secondary N) is 1. The van der Waals surface area contributed by atoms with Crippen molar-refractivity contribution in [3.63, 3.8) is 0 Å². The zero-order valence-corrected chi connectivity index (χ0v) is 11.7. The van der Waals surface area contributed by atoms with Crippen molar-refractivity contribution in [2.24, 2.45) is 0 Å². The van der Waals surface area contributed by atoms with E-state index in [1.165, 1.54) is 36.6 Å². The van der Waals surface area contributed by atoms with E-state index in [2.05, 4.69) is 34.4 Å². The zero-order valence-electron chi connectivity index (χ0n) is 10.9. The molecule has 1 aliphatic rings. The Morgan fingerprint density at radius 2 is 2.47 bits per heavy atom. The Bertz CT molecular complexity index is 335. The maximum Gasteiger partial charge on any atom is 0.0897 e. The van der Waals surface area contributed by atoms with E-state index in [1.54, 1.807) is 11.3 Å². The van der Waals surface area contributed by atoms with E-state index < -0.39 is 0 Å². The van der Waals surface area contributed by atoms with Crippen molar-refractivity contribution < 1.29 is 0 Å². The van der Waals surface area contributed by atoms with E-state index in [4.69, 9.17) is 0 Å². The van der Waals surface area contributed by atoms with E-state index in [1.807, 2.05) is 0 Å². The van der Waals surface area contributed by atoms with Gasteiger partial charge in [-0.25, -0.2) is 4.98 Å². The third-order valence-electron chi connectivity index (χ3n) is 3.35. The summed E-state index contributed by atoms with van der Waals surface area (Å²) in [5.74, 6) is 0. The van der Waals surface area contributed by atoms with Crippen molar-refractivity contribution in [1.82, 2.24) is 15.2 Å². The molecule has 1 saturated heterocycles. The third kappa shape index (κ3) is 4.05. The van der Waals surface area contributed by atoms with Crippen molar-refractivity contribution in [3.05, 3.63) is 16.1 Å². The first-order chi connectivity index (χ1) is 8.28. The summed E-state index contributed by atoms with van der Waals surface area (Å²) >= 11 is 1.76. The number of aromatic nitrogens is 1. The highest BCUT2D eigenvalue weighted by molar-refractivity contribution is 7.09. The van der Waals surface area contributed by atoms with Gasteiger partial charge in [0.25, 0.3) is 0 Å². The number of thiazole rings is 1. The lowest BCUT2D eigenvalue weighted by Gasteiger charge is -2.32. The molecule has 1 unspecified atom stereocenters. The molecule has 1 aromatic heterocycles. The lowest BCUT2D eigenvalue weighted by Crippen LogP contribution is -2.46. The first-order valence-corrected chi connectivity index (χ1v) is 7.52. The summed E-state index contributed by atoms with van der Waals surface area (Å²) < 4.78 is 0. The molecule has 1 N–H and O–H groups in total. The highest BCUT2D eigenvalue weighted by atomic mass is 32.1. The normalized spacial score (nSPS) is 21.9. The standard InChI is InChI=1S/C13H23N3S/c1-3-14-12-5-4-7-16(9-12)8-6-13-10-17-11(2)15-13/h10,12,14H,3-9H2,1-2H3. The molecule has 1 aromatic rings. The molecule has 2 rings (SSSR count). The summed E-state index contributed by atoms with van der Waals surface area (Å²) in [4.78, 5) is 7.10. The molecule has 0 aliphatic carbocycles. The predicted octanol–water partition coefficient (Wildman–Crippen LogP) is 2.07. The van der Waals surface area contributed by atoms with Gasteiger partial charge >= 0.3 is 0 Å². The first-order valence-electron chi connectivity index (χ1n) is 6.64. The van der Waals surface area contributed by atoms with Gasteiger partial charge in [0.15, 0.2) is 0 Å². The van der Waals surface area contributed by atoms with Crippen molar-refractivity contribution in [2.75, 3.05) is 26.2 Å². The van der Waals surface area contributed by atoms with Crippen LogP contribution in [0.5, 0.6) is 0 Å². The van der Waals surface area contributed by atoms with Gasteiger partial charge in [0, 0.05) is 30.9 Å². The second kappa shape index (κ2) is 6.47. The Morgan fingerprint density at radius 3 is 3.18 bits per heavy atom. The molecular formula is C13H23N3S. The highest BCUT2D eigenvalue weighted by Crippen LogP contribution is 2.12. The number of hydrogen-bond acceptors (Lipinski definition) is 4. The number of rotatable bonds is 5. The molecule has 0 spiro atoms. The van der Waals surface area contributed by atoms with E-state index >= 15 is 0 Å². The molecule has 4 heteroatoms. The lowest BCUT2D eigenvalue weighted by atomic mass is 10.1. The minimum absolute atomic E-state index is 0.700. The van der Waals surface area contributed by atoms with Gasteiger partial charge in [-0.05, 0) is 32.9 Å². The first kappa shape index (κ1) is 13.0. The quantitative estimate of drug-likeness (QED) is 0.871. The minimum Gasteiger partial charge on any atom is -0.313 e. The zero-order chi connectivity index (χ0) is 12.1. The number of hydrogen-bond donors (Lipinski definition) is 1. The molecule has 0 saturated carbocycles. The molecule has 0 bridgehead atoms. The van der Waals surface area contributed by atoms with Crippen LogP contribution in [0.4, 0.5) is 0 Å². The fourth-order valence-electron chi connectivity index (χ4n) is 2.51. The van der Waals surface area contributed by atoms with E-state index in [-0.39, 0.29) is 0 Å². The van der Waals surface area contributed by atoms with Gasteiger partial charge in [-0.3, -0.25) is 0 Å². The van der Waals surface area contributed by atoms with Crippen LogP contribution in [0.1, 0.15) is 30.5 Å². The number of nitrogens with zero attached hydrogens (tertiary/aromatic N) is 2. The van der Waals surface area contributed by atoms with E-state index in [0.29, 0.717) is 6.04 Å². The van der Waals surface area contributed by atoms with Crippen LogP contribution >= 0.6 is 11.3 Å². The molecule has 1 aliphatic heterocycles. The Hall–Kier alpha value is -0.450. The Balaban J connectivity index is 1.75.